The fraction of sp³-hybridized carbons (Fsp3) is 0.588. The number of imidazole rings is 1. The summed E-state index contributed by atoms with van der Waals surface area (Å²) < 4.78 is 2.48. The molecule has 0 spiro atoms. The lowest BCUT2D eigenvalue weighted by molar-refractivity contribution is 0.351. The molecule has 1 aromatic heterocycles. The highest BCUT2D eigenvalue weighted by Gasteiger charge is 2.28. The van der Waals surface area contributed by atoms with E-state index in [1.165, 1.54) is 56.5 Å². The Morgan fingerprint density at radius 1 is 1.19 bits per heavy atom. The Balaban J connectivity index is 1.59. The molecule has 2 aromatic rings. The van der Waals surface area contributed by atoms with Crippen molar-refractivity contribution in [1.29, 1.82) is 0 Å². The van der Waals surface area contributed by atoms with Crippen LogP contribution in [0.1, 0.15) is 44.0 Å². The van der Waals surface area contributed by atoms with Crippen molar-refractivity contribution in [1.82, 2.24) is 14.9 Å². The maximum Gasteiger partial charge on any atom is 0.110 e. The number of nitrogens with zero attached hydrogens (tertiary/aromatic N) is 2. The standard InChI is InChI=1S/C17H22ClN3/c18-13-2-5-16-15(11-13)20-17(21(16)14-3-4-14)6-1-12-7-9-19-10-8-12/h2,5,11-12,14,19H,1,3-4,6-10H2. The van der Waals surface area contributed by atoms with Crippen LogP contribution in [0.2, 0.25) is 5.02 Å². The molecule has 21 heavy (non-hydrogen) atoms. The highest BCUT2D eigenvalue weighted by molar-refractivity contribution is 6.31. The molecule has 112 valence electrons. The second-order valence-corrected chi connectivity index (χ2v) is 6.93. The van der Waals surface area contributed by atoms with Crippen LogP contribution < -0.4 is 5.32 Å². The van der Waals surface area contributed by atoms with E-state index in [0.717, 1.165) is 22.9 Å². The van der Waals surface area contributed by atoms with Crippen LogP contribution in [0.4, 0.5) is 0 Å². The quantitative estimate of drug-likeness (QED) is 0.926. The molecule has 1 aromatic carbocycles. The van der Waals surface area contributed by atoms with Gasteiger partial charge < -0.3 is 9.88 Å². The van der Waals surface area contributed by atoms with Crippen molar-refractivity contribution < 1.29 is 0 Å². The van der Waals surface area contributed by atoms with E-state index in [9.17, 15) is 0 Å². The molecule has 2 fully saturated rings. The Morgan fingerprint density at radius 3 is 2.76 bits per heavy atom. The van der Waals surface area contributed by atoms with Crippen LogP contribution in [0.3, 0.4) is 0 Å². The number of halogens is 1. The lowest BCUT2D eigenvalue weighted by Gasteiger charge is -2.22. The average molecular weight is 304 g/mol. The zero-order valence-corrected chi connectivity index (χ0v) is 13.1. The van der Waals surface area contributed by atoms with Gasteiger partial charge in [-0.05, 0) is 69.3 Å². The Morgan fingerprint density at radius 2 is 2.00 bits per heavy atom. The first-order chi connectivity index (χ1) is 10.3. The van der Waals surface area contributed by atoms with Gasteiger partial charge in [-0.15, -0.1) is 0 Å². The predicted molar refractivity (Wildman–Crippen MR) is 86.9 cm³/mol. The van der Waals surface area contributed by atoms with Gasteiger partial charge in [0.2, 0.25) is 0 Å². The smallest absolute Gasteiger partial charge is 0.110 e. The number of benzene rings is 1. The van der Waals surface area contributed by atoms with Crippen molar-refractivity contribution >= 4 is 22.6 Å². The van der Waals surface area contributed by atoms with E-state index in [1.807, 2.05) is 12.1 Å². The minimum Gasteiger partial charge on any atom is -0.325 e. The number of aryl methyl sites for hydroxylation is 1. The summed E-state index contributed by atoms with van der Waals surface area (Å²) in [4.78, 5) is 4.88. The van der Waals surface area contributed by atoms with Gasteiger partial charge in [-0.1, -0.05) is 11.6 Å². The lowest BCUT2D eigenvalue weighted by atomic mass is 9.93. The van der Waals surface area contributed by atoms with Gasteiger partial charge in [0.15, 0.2) is 0 Å². The van der Waals surface area contributed by atoms with E-state index in [4.69, 9.17) is 16.6 Å². The average Bonchev–Trinajstić information content (AvgIpc) is 3.27. The van der Waals surface area contributed by atoms with E-state index in [0.29, 0.717) is 6.04 Å². The van der Waals surface area contributed by atoms with Crippen LogP contribution in [0.25, 0.3) is 11.0 Å². The molecule has 1 saturated carbocycles. The third-order valence-corrected chi connectivity index (χ3v) is 5.11. The van der Waals surface area contributed by atoms with Gasteiger partial charge in [0.1, 0.15) is 5.82 Å². The van der Waals surface area contributed by atoms with Crippen molar-refractivity contribution in [3.8, 4) is 0 Å². The number of fused-ring (bicyclic) bond motifs is 1. The lowest BCUT2D eigenvalue weighted by Crippen LogP contribution is -2.28. The highest BCUT2D eigenvalue weighted by atomic mass is 35.5. The van der Waals surface area contributed by atoms with Crippen LogP contribution in [0.5, 0.6) is 0 Å². The van der Waals surface area contributed by atoms with Crippen molar-refractivity contribution in [2.75, 3.05) is 13.1 Å². The highest BCUT2D eigenvalue weighted by Crippen LogP contribution is 2.39. The summed E-state index contributed by atoms with van der Waals surface area (Å²) in [7, 11) is 0. The molecule has 0 bridgehead atoms. The Labute approximate surface area is 130 Å². The van der Waals surface area contributed by atoms with E-state index in [-0.39, 0.29) is 0 Å². The van der Waals surface area contributed by atoms with Gasteiger partial charge in [-0.2, -0.15) is 0 Å². The van der Waals surface area contributed by atoms with Crippen molar-refractivity contribution in [3.63, 3.8) is 0 Å². The van der Waals surface area contributed by atoms with E-state index < -0.39 is 0 Å². The summed E-state index contributed by atoms with van der Waals surface area (Å²) >= 11 is 6.12. The zero-order valence-electron chi connectivity index (χ0n) is 12.3. The largest absolute Gasteiger partial charge is 0.325 e. The van der Waals surface area contributed by atoms with Gasteiger partial charge in [0.25, 0.3) is 0 Å². The monoisotopic (exact) mass is 303 g/mol. The van der Waals surface area contributed by atoms with E-state index >= 15 is 0 Å². The first-order valence-corrected chi connectivity index (χ1v) is 8.56. The summed E-state index contributed by atoms with van der Waals surface area (Å²) in [5, 5.41) is 4.23. The number of aromatic nitrogens is 2. The summed E-state index contributed by atoms with van der Waals surface area (Å²) in [5.74, 6) is 2.13. The van der Waals surface area contributed by atoms with Crippen molar-refractivity contribution in [2.24, 2.45) is 5.92 Å². The van der Waals surface area contributed by atoms with Crippen LogP contribution >= 0.6 is 11.6 Å². The summed E-state index contributed by atoms with van der Waals surface area (Å²) in [6.45, 7) is 2.36. The normalized spacial score (nSPS) is 20.2. The molecule has 1 saturated heterocycles. The Hall–Kier alpha value is -1.06. The Bertz CT molecular complexity index is 639. The summed E-state index contributed by atoms with van der Waals surface area (Å²) in [5.41, 5.74) is 2.33. The molecule has 0 atom stereocenters. The molecule has 4 rings (SSSR count). The van der Waals surface area contributed by atoms with Crippen LogP contribution in [0.15, 0.2) is 18.2 Å². The predicted octanol–water partition coefficient (Wildman–Crippen LogP) is 3.96. The topological polar surface area (TPSA) is 29.9 Å². The molecule has 2 heterocycles. The third kappa shape index (κ3) is 2.82. The van der Waals surface area contributed by atoms with Crippen LogP contribution in [-0.4, -0.2) is 22.6 Å². The molecule has 3 nitrogen and oxygen atoms in total. The first kappa shape index (κ1) is 13.6. The maximum atomic E-state index is 6.12. The number of piperidine rings is 1. The van der Waals surface area contributed by atoms with Gasteiger partial charge in [-0.3, -0.25) is 0 Å². The zero-order chi connectivity index (χ0) is 14.2. The fourth-order valence-electron chi connectivity index (χ4n) is 3.54. The second kappa shape index (κ2) is 5.62. The molecule has 1 aliphatic heterocycles. The molecular formula is C17H22ClN3. The minimum absolute atomic E-state index is 0.680. The van der Waals surface area contributed by atoms with E-state index in [1.54, 1.807) is 0 Å². The van der Waals surface area contributed by atoms with Crippen molar-refractivity contribution in [2.45, 2.75) is 44.6 Å². The molecule has 1 N–H and O–H groups in total. The fourth-order valence-corrected chi connectivity index (χ4v) is 3.71. The second-order valence-electron chi connectivity index (χ2n) is 6.49. The number of hydrogen-bond donors (Lipinski definition) is 1. The van der Waals surface area contributed by atoms with Gasteiger partial charge in [0, 0.05) is 17.5 Å². The molecule has 1 aliphatic carbocycles. The molecule has 4 heteroatoms. The van der Waals surface area contributed by atoms with Gasteiger partial charge in [0.05, 0.1) is 11.0 Å². The molecule has 0 radical (unpaired) electrons. The first-order valence-electron chi connectivity index (χ1n) is 8.18. The minimum atomic E-state index is 0.680. The van der Waals surface area contributed by atoms with Gasteiger partial charge in [-0.25, -0.2) is 4.98 Å². The molecule has 2 aliphatic rings. The number of rotatable bonds is 4. The van der Waals surface area contributed by atoms with Crippen LogP contribution in [0, 0.1) is 5.92 Å². The molecule has 0 unspecified atom stereocenters. The van der Waals surface area contributed by atoms with Gasteiger partial charge >= 0.3 is 0 Å². The van der Waals surface area contributed by atoms with Crippen LogP contribution in [-0.2, 0) is 6.42 Å². The van der Waals surface area contributed by atoms with Crippen molar-refractivity contribution in [3.05, 3.63) is 29.0 Å². The Kier molecular flexibility index (Phi) is 3.64. The maximum absolute atomic E-state index is 6.12. The van der Waals surface area contributed by atoms with E-state index in [2.05, 4.69) is 16.0 Å². The number of nitrogens with one attached hydrogen (secondary N) is 1. The molecular weight excluding hydrogens is 282 g/mol. The summed E-state index contributed by atoms with van der Waals surface area (Å²) in [6.07, 6.45) is 7.60. The number of hydrogen-bond acceptors (Lipinski definition) is 2. The summed E-state index contributed by atoms with van der Waals surface area (Å²) in [6, 6.07) is 6.81. The third-order valence-electron chi connectivity index (χ3n) is 4.87. The molecule has 0 amide bonds. The SMILES string of the molecule is Clc1ccc2c(c1)nc(CCC1CCNCC1)n2C1CC1.